The molecule has 128 valence electrons. The van der Waals surface area contributed by atoms with Gasteiger partial charge in [0.1, 0.15) is 5.75 Å². The standard InChI is InChI=1S/C16H18N4O2.C2H6/c1-3-4-5-11(2)22-14-7-6-12-8-13(10-21)16-17-18-19-20(16)15(12)9-14;1-2/h6-11H,3-5H2,1-2H3;1-2H3. The number of pyridine rings is 1. The van der Waals surface area contributed by atoms with Gasteiger partial charge in [-0.15, -0.1) is 5.10 Å². The Bertz CT molecular complexity index is 813. The highest BCUT2D eigenvalue weighted by atomic mass is 16.5. The second-order valence-corrected chi connectivity index (χ2v) is 5.42. The maximum atomic E-state index is 11.1. The first-order chi connectivity index (χ1) is 11.7. The van der Waals surface area contributed by atoms with Crippen LogP contribution in [0.2, 0.25) is 0 Å². The summed E-state index contributed by atoms with van der Waals surface area (Å²) in [6, 6.07) is 7.54. The van der Waals surface area contributed by atoms with Crippen LogP contribution >= 0.6 is 0 Å². The normalized spacial score (nSPS) is 11.8. The first-order valence-electron chi connectivity index (χ1n) is 8.49. The van der Waals surface area contributed by atoms with Crippen LogP contribution in [0.15, 0.2) is 24.3 Å². The number of carbonyl (C=O) groups excluding carboxylic acids is 1. The fourth-order valence-electron chi connectivity index (χ4n) is 2.53. The van der Waals surface area contributed by atoms with Crippen molar-refractivity contribution in [3.63, 3.8) is 0 Å². The minimum atomic E-state index is 0.163. The minimum Gasteiger partial charge on any atom is -0.491 e. The van der Waals surface area contributed by atoms with Crippen molar-refractivity contribution in [2.45, 2.75) is 53.1 Å². The van der Waals surface area contributed by atoms with Crippen molar-refractivity contribution in [1.29, 1.82) is 0 Å². The van der Waals surface area contributed by atoms with E-state index in [4.69, 9.17) is 4.74 Å². The van der Waals surface area contributed by atoms with Gasteiger partial charge in [-0.25, -0.2) is 0 Å². The molecule has 6 nitrogen and oxygen atoms in total. The molecule has 24 heavy (non-hydrogen) atoms. The average Bonchev–Trinajstić information content (AvgIpc) is 3.11. The lowest BCUT2D eigenvalue weighted by Gasteiger charge is -2.15. The highest BCUT2D eigenvalue weighted by Crippen LogP contribution is 2.24. The Labute approximate surface area is 141 Å². The number of aldehydes is 1. The molecular weight excluding hydrogens is 304 g/mol. The second-order valence-electron chi connectivity index (χ2n) is 5.42. The molecule has 1 atom stereocenters. The third-order valence-electron chi connectivity index (χ3n) is 3.70. The van der Waals surface area contributed by atoms with Gasteiger partial charge in [-0.1, -0.05) is 33.6 Å². The summed E-state index contributed by atoms with van der Waals surface area (Å²) in [5, 5.41) is 12.4. The number of hydrogen-bond acceptors (Lipinski definition) is 5. The Morgan fingerprint density at radius 1 is 1.29 bits per heavy atom. The average molecular weight is 328 g/mol. The number of carbonyl (C=O) groups is 1. The van der Waals surface area contributed by atoms with Crippen LogP contribution in [0.1, 0.15) is 57.3 Å². The van der Waals surface area contributed by atoms with Gasteiger partial charge in [0.15, 0.2) is 11.9 Å². The highest BCUT2D eigenvalue weighted by molar-refractivity contribution is 5.93. The van der Waals surface area contributed by atoms with Crippen molar-refractivity contribution in [2.24, 2.45) is 0 Å². The van der Waals surface area contributed by atoms with Gasteiger partial charge >= 0.3 is 0 Å². The van der Waals surface area contributed by atoms with E-state index in [1.165, 1.54) is 0 Å². The number of tetrazole rings is 1. The van der Waals surface area contributed by atoms with E-state index in [-0.39, 0.29) is 6.10 Å². The first-order valence-corrected chi connectivity index (χ1v) is 8.49. The summed E-state index contributed by atoms with van der Waals surface area (Å²) in [7, 11) is 0. The summed E-state index contributed by atoms with van der Waals surface area (Å²) in [6.07, 6.45) is 4.26. The zero-order valence-electron chi connectivity index (χ0n) is 14.7. The van der Waals surface area contributed by atoms with Gasteiger partial charge in [-0.2, -0.15) is 4.52 Å². The van der Waals surface area contributed by atoms with Crippen molar-refractivity contribution in [3.8, 4) is 5.75 Å². The number of fused-ring (bicyclic) bond motifs is 3. The molecule has 0 aliphatic rings. The number of benzene rings is 1. The molecule has 0 saturated carbocycles. The summed E-state index contributed by atoms with van der Waals surface area (Å²) in [5.41, 5.74) is 1.76. The Morgan fingerprint density at radius 2 is 2.08 bits per heavy atom. The van der Waals surface area contributed by atoms with Crippen LogP contribution in [0, 0.1) is 0 Å². The van der Waals surface area contributed by atoms with Crippen LogP contribution in [0.25, 0.3) is 16.6 Å². The molecule has 0 bridgehead atoms. The molecule has 0 saturated heterocycles. The topological polar surface area (TPSA) is 69.4 Å². The second kappa shape index (κ2) is 8.38. The molecule has 0 aliphatic heterocycles. The zero-order chi connectivity index (χ0) is 17.5. The van der Waals surface area contributed by atoms with E-state index >= 15 is 0 Å². The van der Waals surface area contributed by atoms with E-state index in [1.54, 1.807) is 10.6 Å². The van der Waals surface area contributed by atoms with Crippen LogP contribution in [-0.2, 0) is 0 Å². The van der Waals surface area contributed by atoms with E-state index in [9.17, 15) is 4.79 Å². The number of unbranched alkanes of at least 4 members (excludes halogenated alkanes) is 1. The summed E-state index contributed by atoms with van der Waals surface area (Å²) >= 11 is 0. The summed E-state index contributed by atoms with van der Waals surface area (Å²) in [4.78, 5) is 11.1. The maximum Gasteiger partial charge on any atom is 0.190 e. The zero-order valence-corrected chi connectivity index (χ0v) is 14.7. The molecule has 0 spiro atoms. The summed E-state index contributed by atoms with van der Waals surface area (Å²) in [5.74, 6) is 0.784. The van der Waals surface area contributed by atoms with Crippen LogP contribution in [-0.4, -0.2) is 32.4 Å². The van der Waals surface area contributed by atoms with Gasteiger partial charge in [0.25, 0.3) is 0 Å². The smallest absolute Gasteiger partial charge is 0.190 e. The molecule has 0 fully saturated rings. The maximum absolute atomic E-state index is 11.1. The quantitative estimate of drug-likeness (QED) is 0.638. The van der Waals surface area contributed by atoms with Gasteiger partial charge in [-0.3, -0.25) is 4.79 Å². The van der Waals surface area contributed by atoms with E-state index in [0.29, 0.717) is 11.2 Å². The van der Waals surface area contributed by atoms with Crippen molar-refractivity contribution >= 4 is 22.8 Å². The van der Waals surface area contributed by atoms with Crippen molar-refractivity contribution in [2.75, 3.05) is 0 Å². The molecule has 1 aromatic carbocycles. The highest BCUT2D eigenvalue weighted by Gasteiger charge is 2.11. The molecule has 3 rings (SSSR count). The number of ether oxygens (including phenoxy) is 1. The summed E-state index contributed by atoms with van der Waals surface area (Å²) < 4.78 is 7.53. The number of aromatic nitrogens is 4. The van der Waals surface area contributed by atoms with Crippen molar-refractivity contribution in [3.05, 3.63) is 29.8 Å². The molecule has 0 radical (unpaired) electrons. The van der Waals surface area contributed by atoms with E-state index in [0.717, 1.165) is 42.2 Å². The van der Waals surface area contributed by atoms with Crippen LogP contribution < -0.4 is 4.74 Å². The monoisotopic (exact) mass is 328 g/mol. The van der Waals surface area contributed by atoms with E-state index < -0.39 is 0 Å². The molecule has 0 N–H and O–H groups in total. The lowest BCUT2D eigenvalue weighted by Crippen LogP contribution is -2.11. The molecule has 2 aromatic heterocycles. The fraction of sp³-hybridized carbons (Fsp3) is 0.444. The molecular formula is C18H24N4O2. The van der Waals surface area contributed by atoms with Crippen molar-refractivity contribution < 1.29 is 9.53 Å². The molecule has 6 heteroatoms. The number of nitrogens with zero attached hydrogens (tertiary/aromatic N) is 4. The molecule has 0 amide bonds. The Hall–Kier alpha value is -2.50. The van der Waals surface area contributed by atoms with Gasteiger partial charge in [0.2, 0.25) is 0 Å². The van der Waals surface area contributed by atoms with Gasteiger partial charge in [-0.05, 0) is 42.0 Å². The largest absolute Gasteiger partial charge is 0.491 e. The lowest BCUT2D eigenvalue weighted by molar-refractivity contribution is 0.112. The van der Waals surface area contributed by atoms with Gasteiger partial charge in [0, 0.05) is 11.5 Å². The Kier molecular flexibility index (Phi) is 6.23. The predicted octanol–water partition coefficient (Wildman–Crippen LogP) is 4.07. The molecule has 0 aliphatic carbocycles. The van der Waals surface area contributed by atoms with Gasteiger partial charge in [0.05, 0.1) is 17.2 Å². The Morgan fingerprint density at radius 3 is 2.79 bits per heavy atom. The van der Waals surface area contributed by atoms with Crippen LogP contribution in [0.4, 0.5) is 0 Å². The third kappa shape index (κ3) is 3.69. The number of hydrogen-bond donors (Lipinski definition) is 0. The first kappa shape index (κ1) is 17.8. The molecule has 2 heterocycles. The minimum absolute atomic E-state index is 0.163. The molecule has 1 unspecified atom stereocenters. The molecule has 3 aromatic rings. The fourth-order valence-corrected chi connectivity index (χ4v) is 2.53. The van der Waals surface area contributed by atoms with E-state index in [2.05, 4.69) is 29.4 Å². The van der Waals surface area contributed by atoms with Gasteiger partial charge < -0.3 is 4.74 Å². The predicted molar refractivity (Wildman–Crippen MR) is 94.6 cm³/mol. The summed E-state index contributed by atoms with van der Waals surface area (Å²) in [6.45, 7) is 8.24. The van der Waals surface area contributed by atoms with E-state index in [1.807, 2.05) is 32.0 Å². The third-order valence-corrected chi connectivity index (χ3v) is 3.70. The Balaban J connectivity index is 0.00000100. The van der Waals surface area contributed by atoms with Crippen molar-refractivity contribution in [1.82, 2.24) is 20.0 Å². The SMILES string of the molecule is CC.CCCCC(C)Oc1ccc2cc(C=O)c3nnnn3c2c1. The van der Waals surface area contributed by atoms with Crippen LogP contribution in [0.5, 0.6) is 5.75 Å². The van der Waals surface area contributed by atoms with Crippen LogP contribution in [0.3, 0.4) is 0 Å². The lowest BCUT2D eigenvalue weighted by atomic mass is 10.1. The number of rotatable bonds is 6.